The molecule has 1 atom stereocenters. The average Bonchev–Trinajstić information content (AvgIpc) is 3.11. The standard InChI is InChI=1S/C24H34N2O4/c1-4-5-6-7-8-9-14-27-23-25-15-20(16-26-23)19-10-12-21(13-11-19)28-17-22-18-29-24(2,3)30-22/h10-13,15-16,22H,4-9,14,17-18H2,1-3H3. The van der Waals surface area contributed by atoms with Gasteiger partial charge < -0.3 is 18.9 Å². The molecule has 1 unspecified atom stereocenters. The Morgan fingerprint density at radius 3 is 2.30 bits per heavy atom. The molecule has 2 heterocycles. The van der Waals surface area contributed by atoms with E-state index in [1.807, 2.05) is 38.1 Å². The van der Waals surface area contributed by atoms with E-state index >= 15 is 0 Å². The van der Waals surface area contributed by atoms with Gasteiger partial charge in [-0.3, -0.25) is 0 Å². The summed E-state index contributed by atoms with van der Waals surface area (Å²) in [6.07, 6.45) is 11.0. The van der Waals surface area contributed by atoms with Crippen LogP contribution in [0, 0.1) is 0 Å². The Morgan fingerprint density at radius 1 is 0.933 bits per heavy atom. The Kier molecular flexibility index (Phi) is 8.46. The van der Waals surface area contributed by atoms with Gasteiger partial charge in [0.15, 0.2) is 5.79 Å². The van der Waals surface area contributed by atoms with Gasteiger partial charge in [-0.1, -0.05) is 51.2 Å². The van der Waals surface area contributed by atoms with Gasteiger partial charge in [-0.2, -0.15) is 0 Å². The topological polar surface area (TPSA) is 62.7 Å². The first-order chi connectivity index (χ1) is 14.6. The molecule has 2 aromatic rings. The fraction of sp³-hybridized carbons (Fsp3) is 0.583. The molecule has 0 aliphatic carbocycles. The summed E-state index contributed by atoms with van der Waals surface area (Å²) >= 11 is 0. The maximum atomic E-state index is 5.82. The highest BCUT2D eigenvalue weighted by Gasteiger charge is 2.32. The summed E-state index contributed by atoms with van der Waals surface area (Å²) in [5.41, 5.74) is 1.98. The van der Waals surface area contributed by atoms with Crippen molar-refractivity contribution in [3.8, 4) is 22.9 Å². The van der Waals surface area contributed by atoms with Crippen LogP contribution in [0.2, 0.25) is 0 Å². The van der Waals surface area contributed by atoms with Crippen molar-refractivity contribution in [1.29, 1.82) is 0 Å². The van der Waals surface area contributed by atoms with Crippen LogP contribution in [0.3, 0.4) is 0 Å². The molecule has 164 valence electrons. The largest absolute Gasteiger partial charge is 0.491 e. The van der Waals surface area contributed by atoms with Crippen LogP contribution in [0.1, 0.15) is 59.3 Å². The van der Waals surface area contributed by atoms with E-state index in [1.54, 1.807) is 12.4 Å². The van der Waals surface area contributed by atoms with Crippen molar-refractivity contribution in [3.05, 3.63) is 36.7 Å². The fourth-order valence-electron chi connectivity index (χ4n) is 3.36. The van der Waals surface area contributed by atoms with Gasteiger partial charge in [0.2, 0.25) is 0 Å². The van der Waals surface area contributed by atoms with Crippen molar-refractivity contribution in [1.82, 2.24) is 9.97 Å². The first-order valence-electron chi connectivity index (χ1n) is 11.1. The summed E-state index contributed by atoms with van der Waals surface area (Å²) in [7, 11) is 0. The van der Waals surface area contributed by atoms with Crippen molar-refractivity contribution in [2.75, 3.05) is 19.8 Å². The summed E-state index contributed by atoms with van der Waals surface area (Å²) in [6, 6.07) is 8.33. The number of hydrogen-bond acceptors (Lipinski definition) is 6. The monoisotopic (exact) mass is 414 g/mol. The lowest BCUT2D eigenvalue weighted by Gasteiger charge is -2.17. The molecule has 0 saturated carbocycles. The molecule has 1 fully saturated rings. The highest BCUT2D eigenvalue weighted by molar-refractivity contribution is 5.62. The summed E-state index contributed by atoms with van der Waals surface area (Å²) < 4.78 is 22.8. The van der Waals surface area contributed by atoms with Gasteiger partial charge in [0.25, 0.3) is 0 Å². The Bertz CT molecular complexity index is 747. The van der Waals surface area contributed by atoms with E-state index in [-0.39, 0.29) is 6.10 Å². The highest BCUT2D eigenvalue weighted by atomic mass is 16.7. The van der Waals surface area contributed by atoms with Crippen LogP contribution in [0.25, 0.3) is 11.1 Å². The second kappa shape index (κ2) is 11.3. The van der Waals surface area contributed by atoms with Crippen LogP contribution >= 0.6 is 0 Å². The number of aromatic nitrogens is 2. The van der Waals surface area contributed by atoms with Crippen LogP contribution in [0.5, 0.6) is 11.8 Å². The van der Waals surface area contributed by atoms with E-state index in [9.17, 15) is 0 Å². The zero-order valence-electron chi connectivity index (χ0n) is 18.4. The van der Waals surface area contributed by atoms with Crippen LogP contribution in [0.4, 0.5) is 0 Å². The molecule has 1 aliphatic heterocycles. The fourth-order valence-corrected chi connectivity index (χ4v) is 3.36. The van der Waals surface area contributed by atoms with Crippen molar-refractivity contribution in [3.63, 3.8) is 0 Å². The van der Waals surface area contributed by atoms with Crippen molar-refractivity contribution >= 4 is 0 Å². The van der Waals surface area contributed by atoms with Gasteiger partial charge in [0, 0.05) is 18.0 Å². The van der Waals surface area contributed by atoms with Gasteiger partial charge in [-0.05, 0) is 38.0 Å². The first kappa shape index (κ1) is 22.5. The number of hydrogen-bond donors (Lipinski definition) is 0. The lowest BCUT2D eigenvalue weighted by molar-refractivity contribution is -0.141. The van der Waals surface area contributed by atoms with Crippen LogP contribution < -0.4 is 9.47 Å². The Labute approximate surface area is 179 Å². The molecule has 30 heavy (non-hydrogen) atoms. The number of benzene rings is 1. The maximum absolute atomic E-state index is 5.82. The minimum absolute atomic E-state index is 0.0445. The van der Waals surface area contributed by atoms with Gasteiger partial charge in [-0.15, -0.1) is 0 Å². The summed E-state index contributed by atoms with van der Waals surface area (Å²) in [5.74, 6) is 0.273. The van der Waals surface area contributed by atoms with E-state index in [1.165, 1.54) is 32.1 Å². The molecule has 0 amide bonds. The third-order valence-corrected chi connectivity index (χ3v) is 5.05. The van der Waals surface area contributed by atoms with Crippen molar-refractivity contribution in [2.24, 2.45) is 0 Å². The van der Waals surface area contributed by atoms with E-state index in [4.69, 9.17) is 18.9 Å². The molecule has 0 N–H and O–H groups in total. The molecule has 1 aliphatic rings. The predicted octanol–water partition coefficient (Wildman–Crippen LogP) is 5.41. The first-order valence-corrected chi connectivity index (χ1v) is 11.1. The zero-order valence-corrected chi connectivity index (χ0v) is 18.4. The lowest BCUT2D eigenvalue weighted by Crippen LogP contribution is -2.25. The third-order valence-electron chi connectivity index (χ3n) is 5.05. The van der Waals surface area contributed by atoms with E-state index < -0.39 is 5.79 Å². The number of unbranched alkanes of at least 4 members (excludes halogenated alkanes) is 5. The van der Waals surface area contributed by atoms with Crippen LogP contribution in [-0.4, -0.2) is 41.7 Å². The van der Waals surface area contributed by atoms with Crippen LogP contribution in [0.15, 0.2) is 36.7 Å². The molecule has 6 nitrogen and oxygen atoms in total. The smallest absolute Gasteiger partial charge is 0.316 e. The van der Waals surface area contributed by atoms with Crippen LogP contribution in [-0.2, 0) is 9.47 Å². The zero-order chi connectivity index (χ0) is 21.2. The molecular formula is C24H34N2O4. The Balaban J connectivity index is 1.40. The molecule has 1 aromatic carbocycles. The van der Waals surface area contributed by atoms with Gasteiger partial charge in [0.05, 0.1) is 13.2 Å². The highest BCUT2D eigenvalue weighted by Crippen LogP contribution is 2.25. The minimum atomic E-state index is -0.525. The van der Waals surface area contributed by atoms with Crippen molar-refractivity contribution in [2.45, 2.75) is 71.2 Å². The molecule has 6 heteroatoms. The maximum Gasteiger partial charge on any atom is 0.316 e. The summed E-state index contributed by atoms with van der Waals surface area (Å²) in [5, 5.41) is 0. The SMILES string of the molecule is CCCCCCCCOc1ncc(-c2ccc(OCC3COC(C)(C)O3)cc2)cn1. The van der Waals surface area contributed by atoms with E-state index in [0.29, 0.717) is 25.8 Å². The number of nitrogens with zero attached hydrogens (tertiary/aromatic N) is 2. The number of ether oxygens (including phenoxy) is 4. The second-order valence-electron chi connectivity index (χ2n) is 8.16. The molecule has 1 aromatic heterocycles. The predicted molar refractivity (Wildman–Crippen MR) is 117 cm³/mol. The van der Waals surface area contributed by atoms with Gasteiger partial charge in [0.1, 0.15) is 18.5 Å². The molecular weight excluding hydrogens is 380 g/mol. The lowest BCUT2D eigenvalue weighted by atomic mass is 10.1. The molecule has 0 spiro atoms. The molecule has 1 saturated heterocycles. The quantitative estimate of drug-likeness (QED) is 0.433. The van der Waals surface area contributed by atoms with E-state index in [2.05, 4.69) is 16.9 Å². The number of rotatable bonds is 12. The van der Waals surface area contributed by atoms with E-state index in [0.717, 1.165) is 23.3 Å². The normalized spacial score (nSPS) is 17.8. The Morgan fingerprint density at radius 2 is 1.63 bits per heavy atom. The Hall–Kier alpha value is -2.18. The summed E-state index contributed by atoms with van der Waals surface area (Å²) in [4.78, 5) is 8.66. The third kappa shape index (κ3) is 7.26. The van der Waals surface area contributed by atoms with Gasteiger partial charge >= 0.3 is 6.01 Å². The molecule has 0 bridgehead atoms. The minimum Gasteiger partial charge on any atom is -0.491 e. The van der Waals surface area contributed by atoms with Gasteiger partial charge in [-0.25, -0.2) is 9.97 Å². The second-order valence-corrected chi connectivity index (χ2v) is 8.16. The summed E-state index contributed by atoms with van der Waals surface area (Å²) in [6.45, 7) is 7.75. The average molecular weight is 415 g/mol. The molecule has 0 radical (unpaired) electrons. The van der Waals surface area contributed by atoms with Crippen molar-refractivity contribution < 1.29 is 18.9 Å². The molecule has 3 rings (SSSR count).